The summed E-state index contributed by atoms with van der Waals surface area (Å²) in [5.41, 5.74) is 0.799. The third-order valence-electron chi connectivity index (χ3n) is 4.61. The van der Waals surface area contributed by atoms with Crippen molar-refractivity contribution in [2.75, 3.05) is 13.1 Å². The van der Waals surface area contributed by atoms with Crippen molar-refractivity contribution in [3.63, 3.8) is 0 Å². The largest absolute Gasteiger partial charge is 0.298 e. The van der Waals surface area contributed by atoms with Gasteiger partial charge in [-0.3, -0.25) is 14.4 Å². The number of hydrogen-bond donors (Lipinski definition) is 0. The average molecular weight is 277 g/mol. The fourth-order valence-corrected chi connectivity index (χ4v) is 3.00. The maximum Gasteiger partial charge on any atom is 0.152 e. The summed E-state index contributed by atoms with van der Waals surface area (Å²) in [5, 5.41) is 4.15. The molecule has 0 aliphatic carbocycles. The predicted molar refractivity (Wildman–Crippen MR) is 80.7 cm³/mol. The van der Waals surface area contributed by atoms with Gasteiger partial charge in [0, 0.05) is 25.4 Å². The van der Waals surface area contributed by atoms with Crippen molar-refractivity contribution in [1.82, 2.24) is 14.7 Å². The summed E-state index contributed by atoms with van der Waals surface area (Å²) in [6.45, 7) is 6.29. The van der Waals surface area contributed by atoms with Gasteiger partial charge in [0.2, 0.25) is 0 Å². The minimum Gasteiger partial charge on any atom is -0.298 e. The van der Waals surface area contributed by atoms with Gasteiger partial charge in [-0.15, -0.1) is 0 Å². The summed E-state index contributed by atoms with van der Waals surface area (Å²) in [7, 11) is 1.93. The van der Waals surface area contributed by atoms with Gasteiger partial charge in [0.1, 0.15) is 0 Å². The molecule has 0 unspecified atom stereocenters. The third kappa shape index (κ3) is 3.48. The minimum atomic E-state index is -0.330. The average Bonchev–Trinajstić information content (AvgIpc) is 2.68. The van der Waals surface area contributed by atoms with Gasteiger partial charge in [-0.05, 0) is 52.3 Å². The Labute approximate surface area is 122 Å². The van der Waals surface area contributed by atoms with Crippen LogP contribution in [0, 0.1) is 0 Å². The van der Waals surface area contributed by atoms with Crippen LogP contribution in [0.5, 0.6) is 0 Å². The van der Waals surface area contributed by atoms with Gasteiger partial charge in [-0.1, -0.05) is 12.8 Å². The second kappa shape index (κ2) is 6.53. The molecule has 0 radical (unpaired) electrons. The first kappa shape index (κ1) is 15.2. The molecule has 20 heavy (non-hydrogen) atoms. The summed E-state index contributed by atoms with van der Waals surface area (Å²) < 4.78 is 1.85. The molecular weight excluding hydrogens is 250 g/mol. The van der Waals surface area contributed by atoms with E-state index >= 15 is 0 Å². The molecule has 0 atom stereocenters. The molecule has 1 fully saturated rings. The number of nitrogens with zero attached hydrogens (tertiary/aromatic N) is 3. The lowest BCUT2D eigenvalue weighted by Gasteiger charge is -2.36. The summed E-state index contributed by atoms with van der Waals surface area (Å²) in [6, 6.07) is 1.99. The molecule has 0 aromatic carbocycles. The van der Waals surface area contributed by atoms with E-state index in [2.05, 4.69) is 23.8 Å². The van der Waals surface area contributed by atoms with Gasteiger partial charge >= 0.3 is 0 Å². The second-order valence-electron chi connectivity index (χ2n) is 6.33. The van der Waals surface area contributed by atoms with Crippen LogP contribution < -0.4 is 0 Å². The number of ketones is 1. The Balaban J connectivity index is 1.94. The van der Waals surface area contributed by atoms with Crippen molar-refractivity contribution in [1.29, 1.82) is 0 Å². The quantitative estimate of drug-likeness (QED) is 0.830. The Bertz CT molecular complexity index is 442. The van der Waals surface area contributed by atoms with Crippen LogP contribution in [0.3, 0.4) is 0 Å². The van der Waals surface area contributed by atoms with Gasteiger partial charge in [-0.2, -0.15) is 5.10 Å². The Kier molecular flexibility index (Phi) is 4.97. The number of carbonyl (C=O) groups excluding carboxylic acids is 1. The van der Waals surface area contributed by atoms with Crippen molar-refractivity contribution in [3.8, 4) is 0 Å². The van der Waals surface area contributed by atoms with E-state index in [4.69, 9.17) is 0 Å². The van der Waals surface area contributed by atoms with Gasteiger partial charge in [-0.25, -0.2) is 0 Å². The standard InChI is InChI=1S/C16H27N3O/c1-16(2,19-12-6-4-5-7-13-19)15(20)9-8-14-10-11-17-18(14)3/h10-11H,4-9,12-13H2,1-3H3. The van der Waals surface area contributed by atoms with Crippen molar-refractivity contribution < 1.29 is 4.79 Å². The van der Waals surface area contributed by atoms with Crippen LogP contribution in [0.25, 0.3) is 0 Å². The lowest BCUT2D eigenvalue weighted by atomic mass is 9.92. The van der Waals surface area contributed by atoms with Crippen LogP contribution >= 0.6 is 0 Å². The van der Waals surface area contributed by atoms with Gasteiger partial charge in [0.15, 0.2) is 5.78 Å². The van der Waals surface area contributed by atoms with Gasteiger partial charge in [0.05, 0.1) is 5.54 Å². The number of Topliss-reactive ketones (excluding diaryl/α,β-unsaturated/α-hetero) is 1. The second-order valence-corrected chi connectivity index (χ2v) is 6.33. The van der Waals surface area contributed by atoms with E-state index in [-0.39, 0.29) is 5.54 Å². The Hall–Kier alpha value is -1.16. The highest BCUT2D eigenvalue weighted by molar-refractivity contribution is 5.87. The molecule has 0 N–H and O–H groups in total. The third-order valence-corrected chi connectivity index (χ3v) is 4.61. The number of aromatic nitrogens is 2. The molecule has 1 aliphatic heterocycles. The van der Waals surface area contributed by atoms with Crippen molar-refractivity contribution >= 4 is 5.78 Å². The summed E-state index contributed by atoms with van der Waals surface area (Å²) in [6.07, 6.45) is 8.22. The van der Waals surface area contributed by atoms with Crippen molar-refractivity contribution in [2.45, 2.75) is 57.9 Å². The molecule has 1 aromatic rings. The normalized spacial score (nSPS) is 17.9. The zero-order valence-electron chi connectivity index (χ0n) is 13.1. The summed E-state index contributed by atoms with van der Waals surface area (Å²) >= 11 is 0. The highest BCUT2D eigenvalue weighted by Crippen LogP contribution is 2.23. The highest BCUT2D eigenvalue weighted by Gasteiger charge is 2.33. The van der Waals surface area contributed by atoms with E-state index < -0.39 is 0 Å². The molecule has 2 heterocycles. The van der Waals surface area contributed by atoms with Crippen LogP contribution in [0.15, 0.2) is 12.3 Å². The molecule has 1 aromatic heterocycles. The number of hydrogen-bond acceptors (Lipinski definition) is 3. The smallest absolute Gasteiger partial charge is 0.152 e. The molecule has 1 aliphatic rings. The molecule has 2 rings (SSSR count). The lowest BCUT2D eigenvalue weighted by molar-refractivity contribution is -0.129. The molecule has 0 spiro atoms. The number of aryl methyl sites for hydroxylation is 2. The Morgan fingerprint density at radius 2 is 1.90 bits per heavy atom. The van der Waals surface area contributed by atoms with Crippen LogP contribution in [0.4, 0.5) is 0 Å². The number of likely N-dealkylation sites (tertiary alicyclic amines) is 1. The highest BCUT2D eigenvalue weighted by atomic mass is 16.1. The van der Waals surface area contributed by atoms with Crippen molar-refractivity contribution in [3.05, 3.63) is 18.0 Å². The first-order valence-corrected chi connectivity index (χ1v) is 7.77. The van der Waals surface area contributed by atoms with Gasteiger partial charge < -0.3 is 0 Å². The molecule has 112 valence electrons. The molecule has 1 saturated heterocycles. The van der Waals surface area contributed by atoms with E-state index in [1.165, 1.54) is 25.7 Å². The number of carbonyl (C=O) groups is 1. The predicted octanol–water partition coefficient (Wildman–Crippen LogP) is 2.58. The van der Waals surface area contributed by atoms with E-state index in [0.717, 1.165) is 25.2 Å². The SMILES string of the molecule is Cn1nccc1CCC(=O)C(C)(C)N1CCCCCC1. The van der Waals surface area contributed by atoms with Crippen LogP contribution in [-0.2, 0) is 18.3 Å². The molecule has 4 nitrogen and oxygen atoms in total. The number of rotatable bonds is 5. The first-order valence-electron chi connectivity index (χ1n) is 7.77. The maximum absolute atomic E-state index is 12.6. The topological polar surface area (TPSA) is 38.1 Å². The van der Waals surface area contributed by atoms with Crippen LogP contribution in [-0.4, -0.2) is 39.1 Å². The zero-order chi connectivity index (χ0) is 14.6. The van der Waals surface area contributed by atoms with E-state index in [0.29, 0.717) is 12.2 Å². The minimum absolute atomic E-state index is 0.330. The summed E-state index contributed by atoms with van der Waals surface area (Å²) in [4.78, 5) is 15.0. The van der Waals surface area contributed by atoms with E-state index in [1.54, 1.807) is 6.20 Å². The molecule has 4 heteroatoms. The van der Waals surface area contributed by atoms with Crippen LogP contribution in [0.1, 0.15) is 51.6 Å². The summed E-state index contributed by atoms with van der Waals surface area (Å²) in [5.74, 6) is 0.348. The molecule has 0 saturated carbocycles. The molecular formula is C16H27N3O. The fourth-order valence-electron chi connectivity index (χ4n) is 3.00. The van der Waals surface area contributed by atoms with Gasteiger partial charge in [0.25, 0.3) is 0 Å². The zero-order valence-corrected chi connectivity index (χ0v) is 13.1. The lowest BCUT2D eigenvalue weighted by Crippen LogP contribution is -2.50. The molecule has 0 bridgehead atoms. The Morgan fingerprint density at radius 1 is 1.25 bits per heavy atom. The van der Waals surface area contributed by atoms with E-state index in [1.807, 2.05) is 17.8 Å². The van der Waals surface area contributed by atoms with Crippen LogP contribution in [0.2, 0.25) is 0 Å². The van der Waals surface area contributed by atoms with Crippen molar-refractivity contribution in [2.24, 2.45) is 7.05 Å². The fraction of sp³-hybridized carbons (Fsp3) is 0.750. The Morgan fingerprint density at radius 3 is 2.45 bits per heavy atom. The molecule has 0 amide bonds. The maximum atomic E-state index is 12.6. The van der Waals surface area contributed by atoms with E-state index in [9.17, 15) is 4.79 Å². The monoisotopic (exact) mass is 277 g/mol. The first-order chi connectivity index (χ1) is 9.51.